The standard InChI is InChI=1S/C15H19FN2O/c1-9-3-2-4-13(14(9)16)15(19)18-11-5-6-12(18)8-10(17)7-11/h2-4,10-12H,5-8,17H2,1H3. The SMILES string of the molecule is Cc1cccc(C(=O)N2C3CCC2CC(N)C3)c1F. The van der Waals surface area contributed by atoms with Gasteiger partial charge in [0, 0.05) is 18.1 Å². The van der Waals surface area contributed by atoms with Crippen molar-refractivity contribution in [3.8, 4) is 0 Å². The third-order valence-corrected chi connectivity index (χ3v) is 4.43. The van der Waals surface area contributed by atoms with E-state index in [4.69, 9.17) is 5.73 Å². The van der Waals surface area contributed by atoms with Gasteiger partial charge in [0.2, 0.25) is 0 Å². The Bertz CT molecular complexity index is 503. The lowest BCUT2D eigenvalue weighted by molar-refractivity contribution is 0.0570. The molecule has 2 saturated heterocycles. The van der Waals surface area contributed by atoms with E-state index < -0.39 is 0 Å². The van der Waals surface area contributed by atoms with Gasteiger partial charge in [0.1, 0.15) is 5.82 Å². The zero-order chi connectivity index (χ0) is 13.6. The third kappa shape index (κ3) is 2.04. The lowest BCUT2D eigenvalue weighted by Gasteiger charge is -2.37. The van der Waals surface area contributed by atoms with Gasteiger partial charge in [0.15, 0.2) is 0 Å². The van der Waals surface area contributed by atoms with Gasteiger partial charge in [-0.15, -0.1) is 0 Å². The largest absolute Gasteiger partial charge is 0.332 e. The summed E-state index contributed by atoms with van der Waals surface area (Å²) in [6.07, 6.45) is 3.68. The first kappa shape index (κ1) is 12.6. The highest BCUT2D eigenvalue weighted by Gasteiger charge is 2.42. The van der Waals surface area contributed by atoms with Crippen LogP contribution in [0.1, 0.15) is 41.6 Å². The van der Waals surface area contributed by atoms with Crippen LogP contribution < -0.4 is 5.73 Å². The summed E-state index contributed by atoms with van der Waals surface area (Å²) in [5.74, 6) is -0.553. The van der Waals surface area contributed by atoms with Gasteiger partial charge < -0.3 is 10.6 Å². The third-order valence-electron chi connectivity index (χ3n) is 4.43. The zero-order valence-electron chi connectivity index (χ0n) is 11.1. The molecule has 0 spiro atoms. The second-order valence-corrected chi connectivity index (χ2v) is 5.77. The van der Waals surface area contributed by atoms with E-state index in [0.717, 1.165) is 25.7 Å². The van der Waals surface area contributed by atoms with Gasteiger partial charge in [-0.05, 0) is 44.2 Å². The van der Waals surface area contributed by atoms with Crippen LogP contribution in [0.25, 0.3) is 0 Å². The molecule has 1 amide bonds. The van der Waals surface area contributed by atoms with Gasteiger partial charge in [-0.2, -0.15) is 0 Å². The highest BCUT2D eigenvalue weighted by atomic mass is 19.1. The van der Waals surface area contributed by atoms with E-state index in [1.54, 1.807) is 25.1 Å². The Morgan fingerprint density at radius 2 is 1.95 bits per heavy atom. The van der Waals surface area contributed by atoms with E-state index >= 15 is 0 Å². The molecule has 0 saturated carbocycles. The molecule has 2 aliphatic heterocycles. The predicted octanol–water partition coefficient (Wildman–Crippen LogP) is 2.23. The first-order chi connectivity index (χ1) is 9.08. The fraction of sp³-hybridized carbons (Fsp3) is 0.533. The number of aryl methyl sites for hydroxylation is 1. The number of hydrogen-bond donors (Lipinski definition) is 1. The van der Waals surface area contributed by atoms with E-state index in [-0.39, 0.29) is 35.4 Å². The van der Waals surface area contributed by atoms with Crippen LogP contribution in [0.15, 0.2) is 18.2 Å². The van der Waals surface area contributed by atoms with Crippen molar-refractivity contribution in [3.05, 3.63) is 35.1 Å². The van der Waals surface area contributed by atoms with Crippen LogP contribution >= 0.6 is 0 Å². The summed E-state index contributed by atoms with van der Waals surface area (Å²) in [4.78, 5) is 14.5. The van der Waals surface area contributed by atoms with Gasteiger partial charge in [-0.25, -0.2) is 4.39 Å². The van der Waals surface area contributed by atoms with Crippen LogP contribution in [0, 0.1) is 12.7 Å². The van der Waals surface area contributed by atoms with Crippen molar-refractivity contribution in [3.63, 3.8) is 0 Å². The van der Waals surface area contributed by atoms with E-state index in [2.05, 4.69) is 0 Å². The molecular weight excluding hydrogens is 243 g/mol. The minimum absolute atomic E-state index is 0.166. The first-order valence-electron chi connectivity index (χ1n) is 6.91. The van der Waals surface area contributed by atoms with Gasteiger partial charge in [-0.3, -0.25) is 4.79 Å². The number of halogens is 1. The average Bonchev–Trinajstić information content (AvgIpc) is 2.64. The predicted molar refractivity (Wildman–Crippen MR) is 71.3 cm³/mol. The van der Waals surface area contributed by atoms with Crippen LogP contribution in [0.3, 0.4) is 0 Å². The topological polar surface area (TPSA) is 46.3 Å². The molecule has 19 heavy (non-hydrogen) atoms. The second-order valence-electron chi connectivity index (χ2n) is 5.77. The highest BCUT2D eigenvalue weighted by Crippen LogP contribution is 2.36. The van der Waals surface area contributed by atoms with Crippen LogP contribution in [-0.4, -0.2) is 28.9 Å². The Morgan fingerprint density at radius 1 is 1.32 bits per heavy atom. The van der Waals surface area contributed by atoms with E-state index in [1.807, 2.05) is 4.90 Å². The minimum Gasteiger partial charge on any atom is -0.332 e. The number of piperidine rings is 1. The molecule has 2 bridgehead atoms. The van der Waals surface area contributed by atoms with Crippen LogP contribution in [0.5, 0.6) is 0 Å². The van der Waals surface area contributed by atoms with Crippen molar-refractivity contribution in [2.75, 3.05) is 0 Å². The summed E-state index contributed by atoms with van der Waals surface area (Å²) >= 11 is 0. The quantitative estimate of drug-likeness (QED) is 0.843. The molecule has 3 rings (SSSR count). The molecule has 0 aromatic heterocycles. The monoisotopic (exact) mass is 262 g/mol. The van der Waals surface area contributed by atoms with E-state index in [1.165, 1.54) is 0 Å². The zero-order valence-corrected chi connectivity index (χ0v) is 11.1. The maximum Gasteiger partial charge on any atom is 0.257 e. The Morgan fingerprint density at radius 3 is 2.58 bits per heavy atom. The summed E-state index contributed by atoms with van der Waals surface area (Å²) in [5, 5.41) is 0. The van der Waals surface area contributed by atoms with Gasteiger partial charge >= 0.3 is 0 Å². The van der Waals surface area contributed by atoms with E-state index in [0.29, 0.717) is 5.56 Å². The number of nitrogens with two attached hydrogens (primary N) is 1. The smallest absolute Gasteiger partial charge is 0.257 e. The number of rotatable bonds is 1. The highest BCUT2D eigenvalue weighted by molar-refractivity contribution is 5.95. The van der Waals surface area contributed by atoms with Crippen LogP contribution in [0.4, 0.5) is 4.39 Å². The van der Waals surface area contributed by atoms with Crippen molar-refractivity contribution >= 4 is 5.91 Å². The number of benzene rings is 1. The molecule has 102 valence electrons. The molecule has 2 N–H and O–H groups in total. The molecule has 2 unspecified atom stereocenters. The van der Waals surface area contributed by atoms with Crippen molar-refractivity contribution in [1.82, 2.24) is 4.90 Å². The summed E-state index contributed by atoms with van der Waals surface area (Å²) in [5.41, 5.74) is 6.72. The lowest BCUT2D eigenvalue weighted by atomic mass is 9.97. The maximum absolute atomic E-state index is 14.1. The molecule has 4 heteroatoms. The van der Waals surface area contributed by atoms with Crippen LogP contribution in [-0.2, 0) is 0 Å². The number of carbonyl (C=O) groups is 1. The number of carbonyl (C=O) groups excluding carboxylic acids is 1. The molecule has 2 heterocycles. The Hall–Kier alpha value is -1.42. The summed E-state index contributed by atoms with van der Waals surface area (Å²) < 4.78 is 14.1. The lowest BCUT2D eigenvalue weighted by Crippen LogP contribution is -2.50. The average molecular weight is 262 g/mol. The van der Waals surface area contributed by atoms with Crippen molar-refractivity contribution in [2.24, 2.45) is 5.73 Å². The number of amides is 1. The summed E-state index contributed by atoms with van der Waals surface area (Å²) in [6.45, 7) is 1.69. The van der Waals surface area contributed by atoms with Gasteiger partial charge in [-0.1, -0.05) is 12.1 Å². The Balaban J connectivity index is 1.91. The molecule has 3 nitrogen and oxygen atoms in total. The van der Waals surface area contributed by atoms with Crippen molar-refractivity contribution in [1.29, 1.82) is 0 Å². The number of fused-ring (bicyclic) bond motifs is 2. The maximum atomic E-state index is 14.1. The molecule has 2 fully saturated rings. The summed E-state index contributed by atoms with van der Waals surface area (Å²) in [7, 11) is 0. The minimum atomic E-state index is -0.387. The molecule has 1 aromatic carbocycles. The molecular formula is C15H19FN2O. The molecule has 0 radical (unpaired) electrons. The molecule has 2 aliphatic rings. The van der Waals surface area contributed by atoms with E-state index in [9.17, 15) is 9.18 Å². The fourth-order valence-electron chi connectivity index (χ4n) is 3.50. The Kier molecular flexibility index (Phi) is 3.05. The fourth-order valence-corrected chi connectivity index (χ4v) is 3.50. The Labute approximate surface area is 112 Å². The number of hydrogen-bond acceptors (Lipinski definition) is 2. The van der Waals surface area contributed by atoms with Gasteiger partial charge in [0.05, 0.1) is 5.56 Å². The van der Waals surface area contributed by atoms with Gasteiger partial charge in [0.25, 0.3) is 5.91 Å². The normalized spacial score (nSPS) is 29.6. The van der Waals surface area contributed by atoms with Crippen LogP contribution in [0.2, 0.25) is 0 Å². The molecule has 1 aromatic rings. The molecule has 2 atom stereocenters. The molecule has 0 aliphatic carbocycles. The summed E-state index contributed by atoms with van der Waals surface area (Å²) in [6, 6.07) is 5.58. The number of nitrogens with zero attached hydrogens (tertiary/aromatic N) is 1. The first-order valence-corrected chi connectivity index (χ1v) is 6.91. The van der Waals surface area contributed by atoms with Crippen molar-refractivity contribution < 1.29 is 9.18 Å². The van der Waals surface area contributed by atoms with Crippen molar-refractivity contribution in [2.45, 2.75) is 50.7 Å². The second kappa shape index (κ2) is 4.60.